The molecule has 0 bridgehead atoms. The third-order valence-corrected chi connectivity index (χ3v) is 11.9. The molecule has 0 atom stereocenters. The van der Waals surface area contributed by atoms with Crippen molar-refractivity contribution in [3.8, 4) is 45.3 Å². The number of nitrogens with zero attached hydrogens (tertiary/aromatic N) is 3. The zero-order chi connectivity index (χ0) is 38.2. The monoisotopic (exact) mass is 735 g/mol. The molecule has 12 rings (SSSR count). The van der Waals surface area contributed by atoms with Crippen LogP contribution in [0.15, 0.2) is 200 Å². The highest BCUT2D eigenvalue weighted by molar-refractivity contribution is 6.21. The zero-order valence-electron chi connectivity index (χ0n) is 31.4. The van der Waals surface area contributed by atoms with Crippen molar-refractivity contribution in [1.29, 1.82) is 0 Å². The molecule has 0 radical (unpaired) electrons. The van der Waals surface area contributed by atoms with Crippen molar-refractivity contribution in [2.75, 3.05) is 0 Å². The number of rotatable bonds is 4. The lowest BCUT2D eigenvalue weighted by atomic mass is 9.90. The molecule has 0 saturated heterocycles. The second-order valence-corrected chi connectivity index (χ2v) is 15.1. The van der Waals surface area contributed by atoms with E-state index < -0.39 is 0 Å². The van der Waals surface area contributed by atoms with Gasteiger partial charge in [-0.3, -0.25) is 0 Å². The summed E-state index contributed by atoms with van der Waals surface area (Å²) in [5.74, 6) is 1.92. The second kappa shape index (κ2) is 12.9. The Balaban J connectivity index is 1.17. The van der Waals surface area contributed by atoms with Gasteiger partial charge < -0.3 is 0 Å². The summed E-state index contributed by atoms with van der Waals surface area (Å²) in [6, 6.07) is 71.7. The van der Waals surface area contributed by atoms with Gasteiger partial charge in [-0.1, -0.05) is 188 Å². The van der Waals surface area contributed by atoms with Gasteiger partial charge in [0.15, 0.2) is 17.5 Å². The highest BCUT2D eigenvalue weighted by Crippen LogP contribution is 2.42. The maximum Gasteiger partial charge on any atom is 0.164 e. The lowest BCUT2D eigenvalue weighted by Crippen LogP contribution is -2.02. The van der Waals surface area contributed by atoms with Crippen molar-refractivity contribution in [2.45, 2.75) is 0 Å². The highest BCUT2D eigenvalue weighted by atomic mass is 15.0. The number of benzene rings is 11. The summed E-state index contributed by atoms with van der Waals surface area (Å²) < 4.78 is 0. The van der Waals surface area contributed by atoms with Crippen LogP contribution in [0.3, 0.4) is 0 Å². The molecule has 0 unspecified atom stereocenters. The Labute approximate surface area is 334 Å². The van der Waals surface area contributed by atoms with E-state index >= 15 is 0 Å². The van der Waals surface area contributed by atoms with E-state index in [4.69, 9.17) is 15.0 Å². The molecule has 58 heavy (non-hydrogen) atoms. The van der Waals surface area contributed by atoms with E-state index in [0.717, 1.165) is 49.4 Å². The van der Waals surface area contributed by atoms with Gasteiger partial charge in [0.1, 0.15) is 0 Å². The molecule has 0 aliphatic carbocycles. The van der Waals surface area contributed by atoms with E-state index in [0.29, 0.717) is 17.5 Å². The van der Waals surface area contributed by atoms with Crippen LogP contribution in [0.4, 0.5) is 0 Å². The van der Waals surface area contributed by atoms with Crippen LogP contribution in [0, 0.1) is 0 Å². The van der Waals surface area contributed by atoms with Crippen molar-refractivity contribution in [1.82, 2.24) is 15.0 Å². The predicted molar refractivity (Wildman–Crippen MR) is 244 cm³/mol. The van der Waals surface area contributed by atoms with Gasteiger partial charge in [-0.2, -0.15) is 0 Å². The number of fused-ring (bicyclic) bond motifs is 11. The fourth-order valence-electron chi connectivity index (χ4n) is 9.23. The predicted octanol–water partition coefficient (Wildman–Crippen LogP) is 14.6. The van der Waals surface area contributed by atoms with Crippen LogP contribution < -0.4 is 0 Å². The van der Waals surface area contributed by atoms with Crippen LogP contribution in [-0.2, 0) is 0 Å². The molecule has 1 aromatic heterocycles. The fraction of sp³-hybridized carbons (Fsp3) is 0. The molecular weight excluding hydrogens is 703 g/mol. The summed E-state index contributed by atoms with van der Waals surface area (Å²) in [6.07, 6.45) is 0. The fourth-order valence-corrected chi connectivity index (χ4v) is 9.23. The summed E-state index contributed by atoms with van der Waals surface area (Å²) in [5.41, 5.74) is 5.12. The van der Waals surface area contributed by atoms with Crippen LogP contribution in [0.25, 0.3) is 121 Å². The maximum atomic E-state index is 5.45. The first-order valence-electron chi connectivity index (χ1n) is 19.8. The minimum absolute atomic E-state index is 0.632. The highest BCUT2D eigenvalue weighted by Gasteiger charge is 2.21. The summed E-state index contributed by atoms with van der Waals surface area (Å²) >= 11 is 0. The van der Waals surface area contributed by atoms with Gasteiger partial charge in [0.05, 0.1) is 0 Å². The first-order valence-corrected chi connectivity index (χ1v) is 19.8. The molecule has 11 aromatic carbocycles. The largest absolute Gasteiger partial charge is 0.208 e. The molecule has 0 N–H and O–H groups in total. The van der Waals surface area contributed by atoms with E-state index in [1.54, 1.807) is 0 Å². The second-order valence-electron chi connectivity index (χ2n) is 15.1. The van der Waals surface area contributed by atoms with E-state index in [1.165, 1.54) is 53.9 Å². The molecule has 0 saturated carbocycles. The normalized spacial score (nSPS) is 11.8. The van der Waals surface area contributed by atoms with Crippen LogP contribution in [0.2, 0.25) is 0 Å². The van der Waals surface area contributed by atoms with Gasteiger partial charge in [-0.25, -0.2) is 15.0 Å². The third kappa shape index (κ3) is 5.04. The average molecular weight is 736 g/mol. The molecule has 268 valence electrons. The Hall–Kier alpha value is -7.75. The third-order valence-electron chi connectivity index (χ3n) is 11.9. The van der Waals surface area contributed by atoms with Crippen LogP contribution in [0.1, 0.15) is 0 Å². The number of hydrogen-bond donors (Lipinski definition) is 0. The van der Waals surface area contributed by atoms with Crippen LogP contribution in [-0.4, -0.2) is 15.0 Å². The standard InChI is InChI=1S/C55H33N3/c1-4-18-38-34(14-1)28-31-48-46(38)30-29-35-17-13-27-47(52(35)48)45-25-11-12-26-49(45)53-56-54(50-32-36-15-2-5-19-39(36)41-21-7-9-23-43(41)50)58-55(57-53)51-33-37-16-3-6-20-40(37)42-22-8-10-24-44(42)51/h1-33H. The summed E-state index contributed by atoms with van der Waals surface area (Å²) in [5, 5.41) is 16.6. The molecule has 3 heteroatoms. The van der Waals surface area contributed by atoms with E-state index in [9.17, 15) is 0 Å². The lowest BCUT2D eigenvalue weighted by molar-refractivity contribution is 1.08. The molecule has 0 aliphatic heterocycles. The van der Waals surface area contributed by atoms with Crippen LogP contribution >= 0.6 is 0 Å². The van der Waals surface area contributed by atoms with Gasteiger partial charge >= 0.3 is 0 Å². The lowest BCUT2D eigenvalue weighted by Gasteiger charge is -2.17. The van der Waals surface area contributed by atoms with Crippen molar-refractivity contribution in [3.63, 3.8) is 0 Å². The Morgan fingerprint density at radius 1 is 0.207 bits per heavy atom. The molecule has 1 heterocycles. The number of hydrogen-bond acceptors (Lipinski definition) is 3. The first kappa shape index (κ1) is 32.5. The smallest absolute Gasteiger partial charge is 0.164 e. The molecule has 0 aliphatic rings. The van der Waals surface area contributed by atoms with Crippen molar-refractivity contribution in [2.24, 2.45) is 0 Å². The molecule has 0 fully saturated rings. The number of aromatic nitrogens is 3. The SMILES string of the molecule is c1ccc(-c2cccc3ccc4c5ccccc5ccc4c23)c(-c2nc(-c3cc4ccccc4c4ccccc34)nc(-c3cc4ccccc4c4ccccc34)n2)c1. The summed E-state index contributed by atoms with van der Waals surface area (Å²) in [7, 11) is 0. The molecule has 12 aromatic rings. The van der Waals surface area contributed by atoms with Gasteiger partial charge in [0.2, 0.25) is 0 Å². The molecule has 0 amide bonds. The summed E-state index contributed by atoms with van der Waals surface area (Å²) in [4.78, 5) is 16.3. The minimum atomic E-state index is 0.632. The Morgan fingerprint density at radius 3 is 1.19 bits per heavy atom. The summed E-state index contributed by atoms with van der Waals surface area (Å²) in [6.45, 7) is 0. The minimum Gasteiger partial charge on any atom is -0.208 e. The topological polar surface area (TPSA) is 38.7 Å². The molecule has 3 nitrogen and oxygen atoms in total. The van der Waals surface area contributed by atoms with E-state index in [1.807, 2.05) is 0 Å². The van der Waals surface area contributed by atoms with Crippen molar-refractivity contribution in [3.05, 3.63) is 200 Å². The van der Waals surface area contributed by atoms with Crippen LogP contribution in [0.5, 0.6) is 0 Å². The Kier molecular flexibility index (Phi) is 7.23. The van der Waals surface area contributed by atoms with Gasteiger partial charge in [-0.05, 0) is 98.7 Å². The van der Waals surface area contributed by atoms with E-state index in [-0.39, 0.29) is 0 Å². The average Bonchev–Trinajstić information content (AvgIpc) is 3.30. The van der Waals surface area contributed by atoms with Gasteiger partial charge in [0.25, 0.3) is 0 Å². The quantitative estimate of drug-likeness (QED) is 0.169. The van der Waals surface area contributed by atoms with Gasteiger partial charge in [-0.15, -0.1) is 0 Å². The van der Waals surface area contributed by atoms with Crippen molar-refractivity contribution >= 4 is 75.4 Å². The van der Waals surface area contributed by atoms with Gasteiger partial charge in [0, 0.05) is 16.7 Å². The Morgan fingerprint density at radius 2 is 0.586 bits per heavy atom. The van der Waals surface area contributed by atoms with Crippen molar-refractivity contribution < 1.29 is 0 Å². The zero-order valence-corrected chi connectivity index (χ0v) is 31.4. The van der Waals surface area contributed by atoms with E-state index in [2.05, 4.69) is 200 Å². The maximum absolute atomic E-state index is 5.45. The first-order chi connectivity index (χ1) is 28.8. The molecular formula is C55H33N3. The Bertz CT molecular complexity index is 3500. The molecule has 0 spiro atoms.